The Hall–Kier alpha value is -0.930. The molecule has 1 aromatic heterocycles. The molecule has 0 fully saturated rings. The quantitative estimate of drug-likeness (QED) is 0.827. The van der Waals surface area contributed by atoms with Gasteiger partial charge >= 0.3 is 0 Å². The summed E-state index contributed by atoms with van der Waals surface area (Å²) in [6.07, 6.45) is 3.70. The molecule has 0 saturated carbocycles. The van der Waals surface area contributed by atoms with E-state index in [-0.39, 0.29) is 6.04 Å². The summed E-state index contributed by atoms with van der Waals surface area (Å²) in [5, 5.41) is 0. The lowest BCUT2D eigenvalue weighted by Crippen LogP contribution is -2.39. The molecule has 1 rings (SSSR count). The molecule has 0 radical (unpaired) electrons. The van der Waals surface area contributed by atoms with Gasteiger partial charge in [-0.15, -0.1) is 0 Å². The molecule has 1 aromatic rings. The summed E-state index contributed by atoms with van der Waals surface area (Å²) in [5.41, 5.74) is 7.07. The number of pyridine rings is 1. The Bertz CT molecular complexity index is 297. The Morgan fingerprint density at radius 1 is 1.38 bits per heavy atom. The zero-order valence-electron chi connectivity index (χ0n) is 10.7. The van der Waals surface area contributed by atoms with Crippen LogP contribution in [-0.2, 0) is 0 Å². The highest BCUT2D eigenvalue weighted by Gasteiger charge is 2.22. The average Bonchev–Trinajstić information content (AvgIpc) is 2.30. The van der Waals surface area contributed by atoms with Crippen molar-refractivity contribution in [3.05, 3.63) is 30.1 Å². The van der Waals surface area contributed by atoms with E-state index in [4.69, 9.17) is 5.73 Å². The van der Waals surface area contributed by atoms with Crippen LogP contribution in [0.25, 0.3) is 0 Å². The minimum Gasteiger partial charge on any atom is -0.329 e. The SMILES string of the molecule is CC(C)C(C)N(C)C(CN)c1cccnc1. The predicted octanol–water partition coefficient (Wildman–Crippen LogP) is 2.06. The molecule has 0 amide bonds. The molecule has 0 spiro atoms. The fraction of sp³-hybridized carbons (Fsp3) is 0.615. The van der Waals surface area contributed by atoms with Crippen LogP contribution in [0.4, 0.5) is 0 Å². The Labute approximate surface area is 98.7 Å². The van der Waals surface area contributed by atoms with Crippen LogP contribution in [0.2, 0.25) is 0 Å². The molecular formula is C13H23N3. The van der Waals surface area contributed by atoms with Gasteiger partial charge in [0.2, 0.25) is 0 Å². The molecule has 16 heavy (non-hydrogen) atoms. The first-order valence-corrected chi connectivity index (χ1v) is 5.89. The van der Waals surface area contributed by atoms with Gasteiger partial charge in [0.25, 0.3) is 0 Å². The molecular weight excluding hydrogens is 198 g/mol. The van der Waals surface area contributed by atoms with Gasteiger partial charge in [-0.2, -0.15) is 0 Å². The molecule has 0 aromatic carbocycles. The van der Waals surface area contributed by atoms with Crippen molar-refractivity contribution in [2.45, 2.75) is 32.9 Å². The number of nitrogens with two attached hydrogens (primary N) is 1. The second-order valence-corrected chi connectivity index (χ2v) is 4.69. The summed E-state index contributed by atoms with van der Waals surface area (Å²) in [5.74, 6) is 0.621. The van der Waals surface area contributed by atoms with Gasteiger partial charge in [0, 0.05) is 31.0 Å². The van der Waals surface area contributed by atoms with Crippen LogP contribution in [0.3, 0.4) is 0 Å². The van der Waals surface area contributed by atoms with Crippen LogP contribution in [0.1, 0.15) is 32.4 Å². The van der Waals surface area contributed by atoms with Crippen molar-refractivity contribution in [1.82, 2.24) is 9.88 Å². The highest BCUT2D eigenvalue weighted by molar-refractivity contribution is 5.14. The van der Waals surface area contributed by atoms with Gasteiger partial charge in [-0.05, 0) is 31.5 Å². The maximum atomic E-state index is 5.87. The third-order valence-corrected chi connectivity index (χ3v) is 3.39. The molecule has 3 nitrogen and oxygen atoms in total. The topological polar surface area (TPSA) is 42.1 Å². The second kappa shape index (κ2) is 5.97. The van der Waals surface area contributed by atoms with Crippen molar-refractivity contribution < 1.29 is 0 Å². The van der Waals surface area contributed by atoms with Gasteiger partial charge in [-0.25, -0.2) is 0 Å². The lowest BCUT2D eigenvalue weighted by molar-refractivity contribution is 0.151. The monoisotopic (exact) mass is 221 g/mol. The van der Waals surface area contributed by atoms with Gasteiger partial charge in [0.1, 0.15) is 0 Å². The molecule has 0 aliphatic rings. The molecule has 0 aliphatic carbocycles. The lowest BCUT2D eigenvalue weighted by atomic mass is 10.0. The molecule has 2 atom stereocenters. The smallest absolute Gasteiger partial charge is 0.0485 e. The Morgan fingerprint density at radius 3 is 2.50 bits per heavy atom. The summed E-state index contributed by atoms with van der Waals surface area (Å²) >= 11 is 0. The van der Waals surface area contributed by atoms with Crippen LogP contribution in [0.15, 0.2) is 24.5 Å². The molecule has 0 aliphatic heterocycles. The maximum absolute atomic E-state index is 5.87. The number of hydrogen-bond donors (Lipinski definition) is 1. The first kappa shape index (κ1) is 13.1. The van der Waals surface area contributed by atoms with Crippen molar-refractivity contribution in [1.29, 1.82) is 0 Å². The highest BCUT2D eigenvalue weighted by Crippen LogP contribution is 2.22. The van der Waals surface area contributed by atoms with E-state index in [2.05, 4.69) is 43.8 Å². The fourth-order valence-electron chi connectivity index (χ4n) is 1.86. The van der Waals surface area contributed by atoms with E-state index in [0.29, 0.717) is 18.5 Å². The zero-order valence-corrected chi connectivity index (χ0v) is 10.7. The van der Waals surface area contributed by atoms with E-state index in [0.717, 1.165) is 0 Å². The minimum atomic E-state index is 0.256. The lowest BCUT2D eigenvalue weighted by Gasteiger charge is -2.34. The third kappa shape index (κ3) is 3.03. The Morgan fingerprint density at radius 2 is 2.06 bits per heavy atom. The summed E-state index contributed by atoms with van der Waals surface area (Å²) in [7, 11) is 2.13. The average molecular weight is 221 g/mol. The maximum Gasteiger partial charge on any atom is 0.0485 e. The Balaban J connectivity index is 2.83. The predicted molar refractivity (Wildman–Crippen MR) is 68.1 cm³/mol. The third-order valence-electron chi connectivity index (χ3n) is 3.39. The van der Waals surface area contributed by atoms with Crippen LogP contribution in [0, 0.1) is 5.92 Å². The van der Waals surface area contributed by atoms with Gasteiger partial charge < -0.3 is 5.73 Å². The van der Waals surface area contributed by atoms with E-state index in [9.17, 15) is 0 Å². The zero-order chi connectivity index (χ0) is 12.1. The fourth-order valence-corrected chi connectivity index (χ4v) is 1.86. The molecule has 0 bridgehead atoms. The van der Waals surface area contributed by atoms with E-state index < -0.39 is 0 Å². The number of likely N-dealkylation sites (N-methyl/N-ethyl adjacent to an activating group) is 1. The van der Waals surface area contributed by atoms with Crippen molar-refractivity contribution in [2.24, 2.45) is 11.7 Å². The highest BCUT2D eigenvalue weighted by atomic mass is 15.2. The molecule has 0 saturated heterocycles. The normalized spacial score (nSPS) is 15.4. The van der Waals surface area contributed by atoms with Gasteiger partial charge in [-0.3, -0.25) is 9.88 Å². The van der Waals surface area contributed by atoms with E-state index in [1.54, 1.807) is 6.20 Å². The van der Waals surface area contributed by atoms with Crippen LogP contribution in [-0.4, -0.2) is 29.5 Å². The molecule has 90 valence electrons. The number of aromatic nitrogens is 1. The minimum absolute atomic E-state index is 0.256. The summed E-state index contributed by atoms with van der Waals surface area (Å²) in [6, 6.07) is 4.82. The second-order valence-electron chi connectivity index (χ2n) is 4.69. The van der Waals surface area contributed by atoms with E-state index in [1.165, 1.54) is 5.56 Å². The van der Waals surface area contributed by atoms with Gasteiger partial charge in [0.05, 0.1) is 0 Å². The molecule has 3 heteroatoms. The van der Waals surface area contributed by atoms with Crippen LogP contribution >= 0.6 is 0 Å². The number of nitrogens with zero attached hydrogens (tertiary/aromatic N) is 2. The molecule has 2 N–H and O–H groups in total. The summed E-state index contributed by atoms with van der Waals surface area (Å²) < 4.78 is 0. The summed E-state index contributed by atoms with van der Waals surface area (Å²) in [4.78, 5) is 6.49. The van der Waals surface area contributed by atoms with E-state index >= 15 is 0 Å². The molecule has 1 heterocycles. The Kier molecular flexibility index (Phi) is 4.90. The van der Waals surface area contributed by atoms with Gasteiger partial charge in [-0.1, -0.05) is 19.9 Å². The number of hydrogen-bond acceptors (Lipinski definition) is 3. The van der Waals surface area contributed by atoms with Crippen LogP contribution in [0.5, 0.6) is 0 Å². The first-order valence-electron chi connectivity index (χ1n) is 5.89. The number of rotatable bonds is 5. The van der Waals surface area contributed by atoms with Crippen molar-refractivity contribution in [3.63, 3.8) is 0 Å². The van der Waals surface area contributed by atoms with E-state index in [1.807, 2.05) is 12.3 Å². The first-order chi connectivity index (χ1) is 7.57. The van der Waals surface area contributed by atoms with Gasteiger partial charge in [0.15, 0.2) is 0 Å². The summed E-state index contributed by atoms with van der Waals surface area (Å²) in [6.45, 7) is 7.33. The largest absolute Gasteiger partial charge is 0.329 e. The molecule has 2 unspecified atom stereocenters. The standard InChI is InChI=1S/C13H23N3/c1-10(2)11(3)16(4)13(8-14)12-6-5-7-15-9-12/h5-7,9-11,13H,8,14H2,1-4H3. The van der Waals surface area contributed by atoms with Crippen molar-refractivity contribution in [3.8, 4) is 0 Å². The van der Waals surface area contributed by atoms with Crippen molar-refractivity contribution >= 4 is 0 Å². The van der Waals surface area contributed by atoms with Crippen molar-refractivity contribution in [2.75, 3.05) is 13.6 Å². The van der Waals surface area contributed by atoms with Crippen LogP contribution < -0.4 is 5.73 Å².